The number of aromatic nitrogens is 3. The molecule has 0 spiro atoms. The van der Waals surface area contributed by atoms with Crippen LogP contribution in [0.4, 0.5) is 0 Å². The summed E-state index contributed by atoms with van der Waals surface area (Å²) in [5.41, 5.74) is 1.96. The van der Waals surface area contributed by atoms with E-state index < -0.39 is 0 Å². The minimum absolute atomic E-state index is 0.100. The molecule has 0 unspecified atom stereocenters. The van der Waals surface area contributed by atoms with Crippen LogP contribution >= 0.6 is 0 Å². The largest absolute Gasteiger partial charge is 0.497 e. The van der Waals surface area contributed by atoms with E-state index in [0.717, 1.165) is 35.5 Å². The predicted molar refractivity (Wildman–Crippen MR) is 118 cm³/mol. The van der Waals surface area contributed by atoms with Crippen LogP contribution in [0.25, 0.3) is 0 Å². The molecule has 7 nitrogen and oxygen atoms in total. The van der Waals surface area contributed by atoms with Crippen LogP contribution in [0, 0.1) is 0 Å². The number of carbonyl (C=O) groups excluding carboxylic acids is 1. The van der Waals surface area contributed by atoms with Gasteiger partial charge in [-0.05, 0) is 36.1 Å². The smallest absolute Gasteiger partial charge is 0.345 e. The third kappa shape index (κ3) is 4.71. The standard InChI is InChI=1S/C24H28N4O3/c1-26-24(30)28(17-19-6-4-3-5-7-19)23(25-26)20-12-14-27(15-13-20)22(29)16-18-8-10-21(31-2)11-9-18/h3-11,20H,12-17H2,1-2H3. The average molecular weight is 421 g/mol. The van der Waals surface area contributed by atoms with Gasteiger partial charge in [-0.1, -0.05) is 42.5 Å². The van der Waals surface area contributed by atoms with E-state index in [9.17, 15) is 9.59 Å². The number of carbonyl (C=O) groups is 1. The molecule has 1 aliphatic rings. The lowest BCUT2D eigenvalue weighted by atomic mass is 9.95. The van der Waals surface area contributed by atoms with Crippen LogP contribution in [-0.2, 0) is 24.8 Å². The van der Waals surface area contributed by atoms with Crippen molar-refractivity contribution in [3.8, 4) is 5.75 Å². The maximum atomic E-state index is 12.8. The van der Waals surface area contributed by atoms with Crippen LogP contribution in [0.3, 0.4) is 0 Å². The highest BCUT2D eigenvalue weighted by atomic mass is 16.5. The first-order chi connectivity index (χ1) is 15.0. The molecule has 0 N–H and O–H groups in total. The van der Waals surface area contributed by atoms with Crippen molar-refractivity contribution in [3.63, 3.8) is 0 Å². The number of rotatable bonds is 6. The van der Waals surface area contributed by atoms with E-state index >= 15 is 0 Å². The van der Waals surface area contributed by atoms with Gasteiger partial charge in [0.2, 0.25) is 5.91 Å². The minimum atomic E-state index is -0.100. The highest BCUT2D eigenvalue weighted by molar-refractivity contribution is 5.78. The maximum absolute atomic E-state index is 12.8. The van der Waals surface area contributed by atoms with E-state index in [-0.39, 0.29) is 17.5 Å². The van der Waals surface area contributed by atoms with E-state index in [1.54, 1.807) is 18.7 Å². The number of hydrogen-bond acceptors (Lipinski definition) is 4. The summed E-state index contributed by atoms with van der Waals surface area (Å²) in [6.45, 7) is 1.87. The van der Waals surface area contributed by atoms with Crippen molar-refractivity contribution < 1.29 is 9.53 Å². The molecular formula is C24H28N4O3. The molecule has 1 saturated heterocycles. The van der Waals surface area contributed by atoms with Gasteiger partial charge in [0.15, 0.2) is 0 Å². The summed E-state index contributed by atoms with van der Waals surface area (Å²) in [7, 11) is 3.33. The minimum Gasteiger partial charge on any atom is -0.497 e. The Balaban J connectivity index is 1.41. The second kappa shape index (κ2) is 9.20. The summed E-state index contributed by atoms with van der Waals surface area (Å²) in [6.07, 6.45) is 2.00. The quantitative estimate of drug-likeness (QED) is 0.615. The SMILES string of the molecule is COc1ccc(CC(=O)N2CCC(c3nn(C)c(=O)n3Cc3ccccc3)CC2)cc1. The van der Waals surface area contributed by atoms with Gasteiger partial charge in [0, 0.05) is 26.1 Å². The lowest BCUT2D eigenvalue weighted by Crippen LogP contribution is -2.39. The molecule has 0 saturated carbocycles. The summed E-state index contributed by atoms with van der Waals surface area (Å²) in [6, 6.07) is 17.6. The van der Waals surface area contributed by atoms with Gasteiger partial charge in [-0.25, -0.2) is 9.48 Å². The number of ether oxygens (including phenoxy) is 1. The van der Waals surface area contributed by atoms with Crippen LogP contribution in [0.15, 0.2) is 59.4 Å². The molecule has 2 heterocycles. The fraction of sp³-hybridized carbons (Fsp3) is 0.375. The molecule has 3 aromatic rings. The first-order valence-corrected chi connectivity index (χ1v) is 10.6. The lowest BCUT2D eigenvalue weighted by Gasteiger charge is -2.31. The summed E-state index contributed by atoms with van der Waals surface area (Å²) in [5.74, 6) is 1.90. The van der Waals surface area contributed by atoms with Crippen molar-refractivity contribution in [2.75, 3.05) is 20.2 Å². The Morgan fingerprint density at radius 3 is 2.35 bits per heavy atom. The molecule has 2 aromatic carbocycles. The number of aryl methyl sites for hydroxylation is 1. The van der Waals surface area contributed by atoms with Crippen molar-refractivity contribution in [2.45, 2.75) is 31.7 Å². The molecule has 1 fully saturated rings. The Kier molecular flexibility index (Phi) is 6.21. The molecule has 0 atom stereocenters. The molecule has 1 aliphatic heterocycles. The maximum Gasteiger partial charge on any atom is 0.345 e. The Morgan fingerprint density at radius 2 is 1.71 bits per heavy atom. The molecule has 0 aliphatic carbocycles. The molecular weight excluding hydrogens is 392 g/mol. The van der Waals surface area contributed by atoms with Crippen molar-refractivity contribution >= 4 is 5.91 Å². The second-order valence-electron chi connectivity index (χ2n) is 8.02. The molecule has 7 heteroatoms. The van der Waals surface area contributed by atoms with Gasteiger partial charge in [0.1, 0.15) is 11.6 Å². The highest BCUT2D eigenvalue weighted by Crippen LogP contribution is 2.27. The van der Waals surface area contributed by atoms with Crippen molar-refractivity contribution in [3.05, 3.63) is 82.0 Å². The van der Waals surface area contributed by atoms with Crippen LogP contribution in [0.1, 0.15) is 35.7 Å². The van der Waals surface area contributed by atoms with E-state index in [0.29, 0.717) is 26.1 Å². The molecule has 1 amide bonds. The van der Waals surface area contributed by atoms with Gasteiger partial charge in [-0.2, -0.15) is 5.10 Å². The van der Waals surface area contributed by atoms with E-state index in [2.05, 4.69) is 5.10 Å². The number of amides is 1. The number of methoxy groups -OCH3 is 1. The summed E-state index contributed by atoms with van der Waals surface area (Å²) >= 11 is 0. The third-order valence-corrected chi connectivity index (χ3v) is 5.95. The van der Waals surface area contributed by atoms with Gasteiger partial charge < -0.3 is 9.64 Å². The number of nitrogens with zero attached hydrogens (tertiary/aromatic N) is 4. The van der Waals surface area contributed by atoms with Crippen molar-refractivity contribution in [1.82, 2.24) is 19.2 Å². The van der Waals surface area contributed by atoms with E-state index in [4.69, 9.17) is 4.74 Å². The first kappa shape index (κ1) is 20.9. The lowest BCUT2D eigenvalue weighted by molar-refractivity contribution is -0.131. The molecule has 162 valence electrons. The fourth-order valence-electron chi connectivity index (χ4n) is 4.16. The zero-order valence-corrected chi connectivity index (χ0v) is 18.0. The van der Waals surface area contributed by atoms with Crippen LogP contribution < -0.4 is 10.4 Å². The highest BCUT2D eigenvalue weighted by Gasteiger charge is 2.28. The van der Waals surface area contributed by atoms with Crippen LogP contribution in [0.2, 0.25) is 0 Å². The van der Waals surface area contributed by atoms with Gasteiger partial charge >= 0.3 is 5.69 Å². The molecule has 0 radical (unpaired) electrons. The van der Waals surface area contributed by atoms with Crippen LogP contribution in [-0.4, -0.2) is 45.4 Å². The number of hydrogen-bond donors (Lipinski definition) is 0. The molecule has 4 rings (SSSR count). The Bertz CT molecular complexity index is 1080. The first-order valence-electron chi connectivity index (χ1n) is 10.6. The van der Waals surface area contributed by atoms with Crippen molar-refractivity contribution in [1.29, 1.82) is 0 Å². The third-order valence-electron chi connectivity index (χ3n) is 5.95. The Labute approximate surface area is 181 Å². The van der Waals surface area contributed by atoms with Crippen molar-refractivity contribution in [2.24, 2.45) is 7.05 Å². The Morgan fingerprint density at radius 1 is 1.03 bits per heavy atom. The zero-order valence-electron chi connectivity index (χ0n) is 18.0. The van der Waals surface area contributed by atoms with Gasteiger partial charge in [0.25, 0.3) is 0 Å². The number of benzene rings is 2. The van der Waals surface area contributed by atoms with E-state index in [1.807, 2.05) is 59.5 Å². The predicted octanol–water partition coefficient (Wildman–Crippen LogP) is 2.59. The van der Waals surface area contributed by atoms with E-state index in [1.165, 1.54) is 4.68 Å². The zero-order chi connectivity index (χ0) is 21.8. The topological polar surface area (TPSA) is 69.4 Å². The Hall–Kier alpha value is -3.35. The second-order valence-corrected chi connectivity index (χ2v) is 8.02. The molecule has 1 aromatic heterocycles. The fourth-order valence-corrected chi connectivity index (χ4v) is 4.16. The summed E-state index contributed by atoms with van der Waals surface area (Å²) < 4.78 is 8.36. The van der Waals surface area contributed by atoms with Gasteiger partial charge in [0.05, 0.1) is 20.1 Å². The normalized spacial score (nSPS) is 14.6. The monoisotopic (exact) mass is 420 g/mol. The van der Waals surface area contributed by atoms with Gasteiger partial charge in [-0.3, -0.25) is 9.36 Å². The van der Waals surface area contributed by atoms with Gasteiger partial charge in [-0.15, -0.1) is 0 Å². The average Bonchev–Trinajstić information content (AvgIpc) is 3.09. The number of likely N-dealkylation sites (tertiary alicyclic amines) is 1. The molecule has 0 bridgehead atoms. The van der Waals surface area contributed by atoms with Crippen LogP contribution in [0.5, 0.6) is 5.75 Å². The molecule has 31 heavy (non-hydrogen) atoms. The summed E-state index contributed by atoms with van der Waals surface area (Å²) in [4.78, 5) is 27.3. The summed E-state index contributed by atoms with van der Waals surface area (Å²) in [5, 5.41) is 4.54. The number of piperidine rings is 1.